The highest BCUT2D eigenvalue weighted by Gasteiger charge is 2.41. The van der Waals surface area contributed by atoms with Gasteiger partial charge in [-0.2, -0.15) is 0 Å². The predicted octanol–water partition coefficient (Wildman–Crippen LogP) is 3.48. The van der Waals surface area contributed by atoms with Crippen LogP contribution in [0.4, 0.5) is 23.7 Å². The average molecular weight is 455 g/mol. The Morgan fingerprint density at radius 3 is 2.41 bits per heavy atom. The number of alkyl halides is 2. The highest BCUT2D eigenvalue weighted by atomic mass is 19.3. The van der Waals surface area contributed by atoms with Crippen LogP contribution in [0.3, 0.4) is 0 Å². The summed E-state index contributed by atoms with van der Waals surface area (Å²) >= 11 is 0. The first kappa shape index (κ1) is 23.9. The minimum absolute atomic E-state index is 0.0331. The zero-order chi connectivity index (χ0) is 23.7. The number of halogens is 3. The van der Waals surface area contributed by atoms with Gasteiger partial charge in [-0.05, 0) is 41.9 Å². The van der Waals surface area contributed by atoms with Crippen molar-refractivity contribution in [3.05, 3.63) is 29.6 Å². The lowest BCUT2D eigenvalue weighted by molar-refractivity contribution is -0.133. The minimum Gasteiger partial charge on any atom is -0.434 e. The topological polar surface area (TPSA) is 96.5 Å². The zero-order valence-electron chi connectivity index (χ0n) is 18.3. The van der Waals surface area contributed by atoms with Gasteiger partial charge in [0.1, 0.15) is 11.9 Å². The van der Waals surface area contributed by atoms with Crippen LogP contribution in [0.1, 0.15) is 52.0 Å². The number of hydrogen-bond donors (Lipinski definition) is 3. The van der Waals surface area contributed by atoms with E-state index in [9.17, 15) is 27.6 Å². The van der Waals surface area contributed by atoms with Crippen LogP contribution < -0.4 is 16.0 Å². The molecule has 1 heterocycles. The molecule has 3 rings (SSSR count). The summed E-state index contributed by atoms with van der Waals surface area (Å²) in [5, 5.41) is 7.46. The molecule has 2 atom stereocenters. The molecule has 3 amide bonds. The first-order valence-electron chi connectivity index (χ1n) is 10.6. The SMILES string of the molecule is CC(C)(C)c1ccc(NC(=O)[C@H](NC(=O)C2CNC(=O)O2)C2CCC(F)(F)CC2)cc1F. The lowest BCUT2D eigenvalue weighted by Crippen LogP contribution is -2.53. The molecule has 1 saturated heterocycles. The second-order valence-electron chi connectivity index (χ2n) is 9.39. The van der Waals surface area contributed by atoms with Crippen LogP contribution in [0, 0.1) is 11.7 Å². The molecule has 1 saturated carbocycles. The number of cyclic esters (lactones) is 1. The molecule has 7 nitrogen and oxygen atoms in total. The third kappa shape index (κ3) is 5.72. The van der Waals surface area contributed by atoms with Crippen molar-refractivity contribution in [2.75, 3.05) is 11.9 Å². The van der Waals surface area contributed by atoms with Gasteiger partial charge in [0.25, 0.3) is 5.91 Å². The van der Waals surface area contributed by atoms with Crippen molar-refractivity contribution in [1.29, 1.82) is 0 Å². The van der Waals surface area contributed by atoms with E-state index in [1.165, 1.54) is 6.07 Å². The molecule has 1 aliphatic heterocycles. The highest BCUT2D eigenvalue weighted by molar-refractivity contribution is 5.98. The molecule has 1 aliphatic carbocycles. The molecular weight excluding hydrogens is 427 g/mol. The summed E-state index contributed by atoms with van der Waals surface area (Å²) in [4.78, 5) is 36.8. The van der Waals surface area contributed by atoms with Crippen molar-refractivity contribution in [3.63, 3.8) is 0 Å². The first-order chi connectivity index (χ1) is 14.9. The smallest absolute Gasteiger partial charge is 0.408 e. The van der Waals surface area contributed by atoms with Crippen molar-refractivity contribution in [1.82, 2.24) is 10.6 Å². The maximum absolute atomic E-state index is 14.5. The van der Waals surface area contributed by atoms with Crippen LogP contribution in [0.5, 0.6) is 0 Å². The van der Waals surface area contributed by atoms with E-state index in [0.717, 1.165) is 0 Å². The van der Waals surface area contributed by atoms with Crippen molar-refractivity contribution < 1.29 is 32.3 Å². The van der Waals surface area contributed by atoms with Crippen LogP contribution >= 0.6 is 0 Å². The summed E-state index contributed by atoms with van der Waals surface area (Å²) in [6.45, 7) is 5.53. The Kier molecular flexibility index (Phi) is 6.71. The fraction of sp³-hybridized carbons (Fsp3) is 0.591. The number of alkyl carbamates (subject to hydrolysis) is 1. The fourth-order valence-electron chi connectivity index (χ4n) is 4.00. The molecular formula is C22H28F3N3O4. The Labute approximate surface area is 184 Å². The van der Waals surface area contributed by atoms with Gasteiger partial charge < -0.3 is 20.7 Å². The molecule has 0 radical (unpaired) electrons. The first-order valence-corrected chi connectivity index (χ1v) is 10.6. The number of carbonyl (C=O) groups is 3. The van der Waals surface area contributed by atoms with Gasteiger partial charge in [0, 0.05) is 18.5 Å². The number of benzene rings is 1. The van der Waals surface area contributed by atoms with E-state index in [-0.39, 0.29) is 25.1 Å². The summed E-state index contributed by atoms with van der Waals surface area (Å²) in [5.74, 6) is -5.18. The summed E-state index contributed by atoms with van der Waals surface area (Å²) in [6.07, 6.45) is -2.60. The van der Waals surface area contributed by atoms with Gasteiger partial charge in [0.15, 0.2) is 6.10 Å². The summed E-state index contributed by atoms with van der Waals surface area (Å²) < 4.78 is 46.6. The standard InChI is InChI=1S/C22H28F3N3O4/c1-21(2,3)14-5-4-13(10-15(14)23)27-19(30)17(12-6-8-22(24,25)9-7-12)28-18(29)16-11-26-20(31)32-16/h4-5,10,12,16-17H,6-9,11H2,1-3H3,(H,26,31)(H,27,30)(H,28,29)/t16?,17-/m1/s1. The van der Waals surface area contributed by atoms with E-state index in [2.05, 4.69) is 16.0 Å². The summed E-state index contributed by atoms with van der Waals surface area (Å²) in [5.41, 5.74) is 0.240. The number of ether oxygens (including phenoxy) is 1. The van der Waals surface area contributed by atoms with Crippen LogP contribution in [0.25, 0.3) is 0 Å². The number of rotatable bonds is 5. The van der Waals surface area contributed by atoms with E-state index >= 15 is 0 Å². The second-order valence-corrected chi connectivity index (χ2v) is 9.39. The van der Waals surface area contributed by atoms with Gasteiger partial charge in [-0.3, -0.25) is 9.59 Å². The zero-order valence-corrected chi connectivity index (χ0v) is 18.3. The molecule has 2 fully saturated rings. The third-order valence-corrected chi connectivity index (χ3v) is 5.83. The molecule has 2 aliphatic rings. The molecule has 0 aromatic heterocycles. The van der Waals surface area contributed by atoms with E-state index in [0.29, 0.717) is 5.56 Å². The molecule has 1 aromatic carbocycles. The second kappa shape index (κ2) is 8.99. The molecule has 3 N–H and O–H groups in total. The summed E-state index contributed by atoms with van der Waals surface area (Å²) in [6, 6.07) is 3.18. The molecule has 176 valence electrons. The number of hydrogen-bond acceptors (Lipinski definition) is 4. The van der Waals surface area contributed by atoms with Gasteiger partial charge in [-0.25, -0.2) is 18.0 Å². The Hall–Kier alpha value is -2.78. The maximum atomic E-state index is 14.5. The van der Waals surface area contributed by atoms with Crippen LogP contribution in [-0.2, 0) is 19.7 Å². The molecule has 1 aromatic rings. The van der Waals surface area contributed by atoms with Gasteiger partial charge in [-0.1, -0.05) is 26.8 Å². The van der Waals surface area contributed by atoms with E-state index in [1.807, 2.05) is 20.8 Å². The largest absolute Gasteiger partial charge is 0.434 e. The molecule has 32 heavy (non-hydrogen) atoms. The van der Waals surface area contributed by atoms with Crippen LogP contribution in [0.2, 0.25) is 0 Å². The third-order valence-electron chi connectivity index (χ3n) is 5.83. The maximum Gasteiger partial charge on any atom is 0.408 e. The quantitative estimate of drug-likeness (QED) is 0.633. The van der Waals surface area contributed by atoms with Crippen molar-refractivity contribution >= 4 is 23.6 Å². The average Bonchev–Trinajstić information content (AvgIpc) is 3.12. The lowest BCUT2D eigenvalue weighted by Gasteiger charge is -2.33. The van der Waals surface area contributed by atoms with Gasteiger partial charge in [0.05, 0.1) is 6.54 Å². The molecule has 0 spiro atoms. The predicted molar refractivity (Wildman–Crippen MR) is 111 cm³/mol. The van der Waals surface area contributed by atoms with Crippen molar-refractivity contribution in [2.24, 2.45) is 5.92 Å². The highest BCUT2D eigenvalue weighted by Crippen LogP contribution is 2.38. The monoisotopic (exact) mass is 455 g/mol. The Bertz CT molecular complexity index is 891. The van der Waals surface area contributed by atoms with Crippen LogP contribution in [0.15, 0.2) is 18.2 Å². The lowest BCUT2D eigenvalue weighted by atomic mass is 9.81. The Balaban J connectivity index is 1.76. The molecule has 0 bridgehead atoms. The number of nitrogens with one attached hydrogen (secondary N) is 3. The minimum atomic E-state index is -2.81. The number of anilines is 1. The number of amides is 3. The van der Waals surface area contributed by atoms with E-state index in [4.69, 9.17) is 4.74 Å². The summed E-state index contributed by atoms with van der Waals surface area (Å²) in [7, 11) is 0. The van der Waals surface area contributed by atoms with E-state index in [1.54, 1.807) is 12.1 Å². The van der Waals surface area contributed by atoms with E-state index < -0.39 is 66.0 Å². The molecule has 1 unspecified atom stereocenters. The van der Waals surface area contributed by atoms with Crippen LogP contribution in [-0.4, -0.2) is 42.5 Å². The fourth-order valence-corrected chi connectivity index (χ4v) is 4.00. The Morgan fingerprint density at radius 2 is 1.88 bits per heavy atom. The Morgan fingerprint density at radius 1 is 1.22 bits per heavy atom. The van der Waals surface area contributed by atoms with Gasteiger partial charge in [0.2, 0.25) is 11.8 Å². The normalized spacial score (nSPS) is 21.9. The molecule has 10 heteroatoms. The van der Waals surface area contributed by atoms with Crippen molar-refractivity contribution in [3.8, 4) is 0 Å². The number of carbonyl (C=O) groups excluding carboxylic acids is 3. The van der Waals surface area contributed by atoms with Crippen molar-refractivity contribution in [2.45, 2.75) is 69.9 Å². The van der Waals surface area contributed by atoms with Gasteiger partial charge >= 0.3 is 6.09 Å². The van der Waals surface area contributed by atoms with Gasteiger partial charge in [-0.15, -0.1) is 0 Å².